The molecule has 0 bridgehead atoms. The van der Waals surface area contributed by atoms with Crippen LogP contribution in [-0.2, 0) is 23.2 Å². The van der Waals surface area contributed by atoms with Gasteiger partial charge in [-0.3, -0.25) is 19.2 Å². The zero-order chi connectivity index (χ0) is 13.9. The Morgan fingerprint density at radius 1 is 1.33 bits per heavy atom. The van der Waals surface area contributed by atoms with Gasteiger partial charge in [-0.2, -0.15) is 5.10 Å². The molecule has 1 aromatic heterocycles. The second kappa shape index (κ2) is 5.96. The van der Waals surface area contributed by atoms with Gasteiger partial charge in [-0.1, -0.05) is 0 Å². The van der Waals surface area contributed by atoms with Crippen LogP contribution in [0.5, 0.6) is 0 Å². The van der Waals surface area contributed by atoms with E-state index < -0.39 is 11.8 Å². The van der Waals surface area contributed by atoms with E-state index in [4.69, 9.17) is 11.5 Å². The summed E-state index contributed by atoms with van der Waals surface area (Å²) in [5.41, 5.74) is 12.0. The molecule has 1 rings (SSSR count). The lowest BCUT2D eigenvalue weighted by Gasteiger charge is -2.19. The third-order valence-electron chi connectivity index (χ3n) is 2.39. The number of hydrogen-bond donors (Lipinski definition) is 2. The van der Waals surface area contributed by atoms with Crippen molar-refractivity contribution < 1.29 is 9.59 Å². The molecule has 4 N–H and O–H groups in total. The van der Waals surface area contributed by atoms with Gasteiger partial charge in [-0.05, 0) is 22.9 Å². The van der Waals surface area contributed by atoms with Gasteiger partial charge in [0.1, 0.15) is 0 Å². The van der Waals surface area contributed by atoms with Crippen molar-refractivity contribution in [3.63, 3.8) is 0 Å². The van der Waals surface area contributed by atoms with Crippen LogP contribution in [0.15, 0.2) is 4.47 Å². The summed E-state index contributed by atoms with van der Waals surface area (Å²) in [6, 6.07) is 0. The van der Waals surface area contributed by atoms with Crippen LogP contribution in [0, 0.1) is 6.92 Å². The maximum Gasteiger partial charge on any atom is 0.231 e. The Kier molecular flexibility index (Phi) is 4.85. The Bertz CT molecular complexity index is 455. The van der Waals surface area contributed by atoms with E-state index in [1.165, 1.54) is 0 Å². The molecule has 0 fully saturated rings. The number of carbonyl (C=O) groups excluding carboxylic acids is 2. The average Bonchev–Trinajstić information content (AvgIpc) is 2.43. The second-order valence-corrected chi connectivity index (χ2v) is 4.84. The van der Waals surface area contributed by atoms with Gasteiger partial charge in [-0.25, -0.2) is 0 Å². The van der Waals surface area contributed by atoms with Crippen molar-refractivity contribution in [2.24, 2.45) is 18.5 Å². The number of amides is 2. The average molecular weight is 318 g/mol. The number of hydrogen-bond acceptors (Lipinski definition) is 4. The van der Waals surface area contributed by atoms with Crippen molar-refractivity contribution >= 4 is 27.7 Å². The maximum absolute atomic E-state index is 11.0. The van der Waals surface area contributed by atoms with Crippen molar-refractivity contribution in [2.75, 3.05) is 13.1 Å². The lowest BCUT2D eigenvalue weighted by molar-refractivity contribution is -0.122. The Morgan fingerprint density at radius 3 is 2.17 bits per heavy atom. The minimum absolute atomic E-state index is 0.0282. The molecule has 0 radical (unpaired) electrons. The summed E-state index contributed by atoms with van der Waals surface area (Å²) >= 11 is 3.42. The molecule has 0 aliphatic heterocycles. The van der Waals surface area contributed by atoms with E-state index in [1.807, 2.05) is 6.92 Å². The largest absolute Gasteiger partial charge is 0.369 e. The van der Waals surface area contributed by atoms with Gasteiger partial charge in [0.15, 0.2) is 0 Å². The molecule has 1 heterocycles. The van der Waals surface area contributed by atoms with Gasteiger partial charge in [-0.15, -0.1) is 0 Å². The first-order valence-corrected chi connectivity index (χ1v) is 6.07. The third kappa shape index (κ3) is 3.81. The van der Waals surface area contributed by atoms with Crippen molar-refractivity contribution in [1.82, 2.24) is 14.7 Å². The molecule has 7 nitrogen and oxygen atoms in total. The smallest absolute Gasteiger partial charge is 0.231 e. The Labute approximate surface area is 113 Å². The summed E-state index contributed by atoms with van der Waals surface area (Å²) in [5, 5.41) is 4.23. The van der Waals surface area contributed by atoms with E-state index in [0.717, 1.165) is 15.9 Å². The van der Waals surface area contributed by atoms with Gasteiger partial charge >= 0.3 is 0 Å². The fraction of sp³-hybridized carbons (Fsp3) is 0.500. The predicted molar refractivity (Wildman–Crippen MR) is 69.3 cm³/mol. The van der Waals surface area contributed by atoms with Gasteiger partial charge in [0.05, 0.1) is 29.0 Å². The summed E-state index contributed by atoms with van der Waals surface area (Å²) in [6.45, 7) is 2.17. The molecule has 0 spiro atoms. The first kappa shape index (κ1) is 14.7. The molecule has 0 saturated carbocycles. The Morgan fingerprint density at radius 2 is 1.83 bits per heavy atom. The molecule has 0 aliphatic carbocycles. The van der Waals surface area contributed by atoms with Crippen LogP contribution in [-0.4, -0.2) is 39.6 Å². The highest BCUT2D eigenvalue weighted by Crippen LogP contribution is 2.21. The van der Waals surface area contributed by atoms with Gasteiger partial charge in [0, 0.05) is 13.6 Å². The fourth-order valence-electron chi connectivity index (χ4n) is 1.67. The number of carbonyl (C=O) groups is 2. The summed E-state index contributed by atoms with van der Waals surface area (Å²) in [4.78, 5) is 23.5. The quantitative estimate of drug-likeness (QED) is 0.720. The number of nitrogens with zero attached hydrogens (tertiary/aromatic N) is 3. The molecule has 2 amide bonds. The minimum atomic E-state index is -0.508. The lowest BCUT2D eigenvalue weighted by atomic mass is 10.3. The molecule has 1 aromatic rings. The van der Waals surface area contributed by atoms with E-state index in [0.29, 0.717) is 6.54 Å². The third-order valence-corrected chi connectivity index (χ3v) is 3.43. The van der Waals surface area contributed by atoms with Crippen LogP contribution >= 0.6 is 15.9 Å². The highest BCUT2D eigenvalue weighted by atomic mass is 79.9. The van der Waals surface area contributed by atoms with Crippen molar-refractivity contribution in [2.45, 2.75) is 13.5 Å². The highest BCUT2D eigenvalue weighted by molar-refractivity contribution is 9.10. The number of aryl methyl sites for hydroxylation is 2. The fourth-order valence-corrected chi connectivity index (χ4v) is 2.13. The molecule has 100 valence electrons. The SMILES string of the molecule is Cc1nn(C)c(CN(CC(N)=O)CC(N)=O)c1Br. The number of rotatable bonds is 6. The van der Waals surface area contributed by atoms with Crippen LogP contribution in [0.4, 0.5) is 0 Å². The molecular weight excluding hydrogens is 302 g/mol. The summed E-state index contributed by atoms with van der Waals surface area (Å²) < 4.78 is 2.54. The minimum Gasteiger partial charge on any atom is -0.369 e. The van der Waals surface area contributed by atoms with Gasteiger partial charge in [0.25, 0.3) is 0 Å². The Hall–Kier alpha value is -1.41. The maximum atomic E-state index is 11.0. The van der Waals surface area contributed by atoms with Crippen LogP contribution < -0.4 is 11.5 Å². The highest BCUT2D eigenvalue weighted by Gasteiger charge is 2.17. The van der Waals surface area contributed by atoms with Gasteiger partial charge < -0.3 is 11.5 Å². The number of halogens is 1. The standard InChI is InChI=1S/C10H16BrN5O2/c1-6-10(11)7(15(2)14-6)3-16(4-8(12)17)5-9(13)18/h3-5H2,1-2H3,(H2,12,17)(H2,13,18). The summed E-state index contributed by atoms with van der Waals surface area (Å²) in [7, 11) is 1.79. The molecule has 18 heavy (non-hydrogen) atoms. The molecule has 0 unspecified atom stereocenters. The van der Waals surface area contributed by atoms with Crippen molar-refractivity contribution in [3.05, 3.63) is 15.9 Å². The van der Waals surface area contributed by atoms with E-state index >= 15 is 0 Å². The van der Waals surface area contributed by atoms with Crippen molar-refractivity contribution in [1.29, 1.82) is 0 Å². The summed E-state index contributed by atoms with van der Waals surface area (Å²) in [6.07, 6.45) is 0. The molecule has 0 aliphatic rings. The number of nitrogens with two attached hydrogens (primary N) is 2. The number of primary amides is 2. The summed E-state index contributed by atoms with van der Waals surface area (Å²) in [5.74, 6) is -1.02. The normalized spacial score (nSPS) is 10.9. The first-order valence-electron chi connectivity index (χ1n) is 5.28. The van der Waals surface area contributed by atoms with E-state index in [-0.39, 0.29) is 13.1 Å². The lowest BCUT2D eigenvalue weighted by Crippen LogP contribution is -2.39. The van der Waals surface area contributed by atoms with Crippen LogP contribution in [0.2, 0.25) is 0 Å². The monoisotopic (exact) mass is 317 g/mol. The first-order chi connectivity index (χ1) is 8.31. The predicted octanol–water partition coefficient (Wildman–Crippen LogP) is -0.736. The van der Waals surface area contributed by atoms with Crippen molar-refractivity contribution in [3.8, 4) is 0 Å². The molecular formula is C10H16BrN5O2. The topological polar surface area (TPSA) is 107 Å². The zero-order valence-electron chi connectivity index (χ0n) is 10.3. The number of aromatic nitrogens is 2. The van der Waals surface area contributed by atoms with Crippen LogP contribution in [0.1, 0.15) is 11.4 Å². The second-order valence-electron chi connectivity index (χ2n) is 4.05. The van der Waals surface area contributed by atoms with Crippen LogP contribution in [0.3, 0.4) is 0 Å². The van der Waals surface area contributed by atoms with E-state index in [1.54, 1.807) is 16.6 Å². The van der Waals surface area contributed by atoms with E-state index in [9.17, 15) is 9.59 Å². The zero-order valence-corrected chi connectivity index (χ0v) is 11.9. The van der Waals surface area contributed by atoms with E-state index in [2.05, 4.69) is 21.0 Å². The Balaban J connectivity index is 2.88. The van der Waals surface area contributed by atoms with Gasteiger partial charge in [0.2, 0.25) is 11.8 Å². The molecule has 0 atom stereocenters. The molecule has 0 aromatic carbocycles. The van der Waals surface area contributed by atoms with Crippen LogP contribution in [0.25, 0.3) is 0 Å². The molecule has 0 saturated heterocycles. The molecule has 8 heteroatoms.